The molecule has 0 amide bonds. The summed E-state index contributed by atoms with van der Waals surface area (Å²) in [6, 6.07) is -1.30. The van der Waals surface area contributed by atoms with Crippen molar-refractivity contribution in [3.05, 3.63) is 51.5 Å². The molecule has 27 heavy (non-hydrogen) atoms. The minimum atomic E-state index is -3.99. The van der Waals surface area contributed by atoms with Gasteiger partial charge < -0.3 is 5.31 Å². The van der Waals surface area contributed by atoms with Crippen LogP contribution in [0.15, 0.2) is 30.5 Å². The summed E-state index contributed by atoms with van der Waals surface area (Å²) in [5.41, 5.74) is -0.848. The number of halogens is 1. The SMILES string of the molecule is [2H]c1nc(N([2H])C2([2H])C([2H])([2H])C([2H])([2H])N(C([2H])([2H])c3ccc(C)c(C#N)c3[2H])C([2H])([2H])C2([2H])[2H])c2c([2H])c(Cl)sc2n1. The number of thiophene rings is 1. The molecule has 2 aromatic heterocycles. The molecule has 0 unspecified atom stereocenters. The predicted molar refractivity (Wildman–Crippen MR) is 110 cm³/mol. The normalized spacial score (nSPS) is 33.0. The number of fused-ring (bicyclic) bond motifs is 1. The van der Waals surface area contributed by atoms with Crippen LogP contribution in [0.2, 0.25) is 5.75 Å². The third kappa shape index (κ3) is 4.06. The molecule has 5 nitrogen and oxygen atoms in total. The van der Waals surface area contributed by atoms with Crippen molar-refractivity contribution in [2.24, 2.45) is 0 Å². The van der Waals surface area contributed by atoms with E-state index in [0.29, 0.717) is 11.3 Å². The van der Waals surface area contributed by atoms with Crippen molar-refractivity contribution >= 4 is 39.0 Å². The summed E-state index contributed by atoms with van der Waals surface area (Å²) in [7, 11) is 0. The second-order valence-corrected chi connectivity index (χ2v) is 6.85. The van der Waals surface area contributed by atoms with Gasteiger partial charge in [-0.05, 0) is 42.9 Å². The van der Waals surface area contributed by atoms with Gasteiger partial charge >= 0.3 is 0 Å². The molecule has 4 rings (SSSR count). The Hall–Kier alpha value is -2.20. The Kier molecular flexibility index (Phi) is 2.22. The Bertz CT molecular complexity index is 1620. The van der Waals surface area contributed by atoms with Gasteiger partial charge in [0.15, 0.2) is 1.41 Å². The lowest BCUT2D eigenvalue weighted by molar-refractivity contribution is 0.211. The molecule has 0 atom stereocenters. The molecule has 138 valence electrons. The number of aryl methyl sites for hydroxylation is 1. The molecule has 7 heteroatoms. The van der Waals surface area contributed by atoms with Crippen LogP contribution in [0.4, 0.5) is 5.82 Å². The second-order valence-electron chi connectivity index (χ2n) is 5.25. The maximum Gasteiger partial charge on any atom is 0.162 e. The minimum absolute atomic E-state index is 0.155. The fourth-order valence-electron chi connectivity index (χ4n) is 2.16. The number of likely N-dealkylation sites (tertiary alicyclic amines) is 1. The van der Waals surface area contributed by atoms with Gasteiger partial charge in [0.1, 0.15) is 18.3 Å². The lowest BCUT2D eigenvalue weighted by Crippen LogP contribution is -2.38. The van der Waals surface area contributed by atoms with Crippen LogP contribution in [-0.4, -0.2) is 33.9 Å². The highest BCUT2D eigenvalue weighted by atomic mass is 35.5. The molecule has 1 aliphatic rings. The van der Waals surface area contributed by atoms with Crippen LogP contribution in [-0.2, 0) is 6.50 Å². The molecular formula is C20H20ClN5S. The Labute approximate surface area is 188 Å². The molecule has 1 fully saturated rings. The van der Waals surface area contributed by atoms with Crippen LogP contribution in [0.25, 0.3) is 10.2 Å². The van der Waals surface area contributed by atoms with Crippen LogP contribution in [0.5, 0.6) is 0 Å². The van der Waals surface area contributed by atoms with E-state index in [-0.39, 0.29) is 25.6 Å². The molecular weight excluding hydrogens is 378 g/mol. The highest BCUT2D eigenvalue weighted by Crippen LogP contribution is 2.32. The third-order valence-electron chi connectivity index (χ3n) is 3.44. The van der Waals surface area contributed by atoms with Crippen LogP contribution < -0.4 is 5.31 Å². The Morgan fingerprint density at radius 3 is 3.11 bits per heavy atom. The van der Waals surface area contributed by atoms with Gasteiger partial charge in [0.05, 0.1) is 25.5 Å². The van der Waals surface area contributed by atoms with E-state index in [0.717, 1.165) is 6.07 Å². The first-order chi connectivity index (χ1) is 19.0. The molecule has 3 aromatic rings. The molecule has 0 aliphatic carbocycles. The van der Waals surface area contributed by atoms with E-state index in [1.807, 2.05) is 0 Å². The van der Waals surface area contributed by atoms with Gasteiger partial charge in [-0.3, -0.25) is 4.90 Å². The summed E-state index contributed by atoms with van der Waals surface area (Å²) >= 11 is 6.68. The molecule has 0 bridgehead atoms. The van der Waals surface area contributed by atoms with Crippen molar-refractivity contribution in [3.63, 3.8) is 0 Å². The molecule has 1 aliphatic heterocycles. The predicted octanol–water partition coefficient (Wildman–Crippen LogP) is 4.60. The van der Waals surface area contributed by atoms with E-state index in [1.165, 1.54) is 13.0 Å². The van der Waals surface area contributed by atoms with E-state index < -0.39 is 78.3 Å². The van der Waals surface area contributed by atoms with Gasteiger partial charge in [-0.15, -0.1) is 11.3 Å². The van der Waals surface area contributed by atoms with Crippen molar-refractivity contribution in [1.29, 1.82) is 5.26 Å². The zero-order chi connectivity index (χ0) is 32.2. The number of anilines is 1. The number of piperidine rings is 1. The molecule has 1 aromatic carbocycles. The number of nitrogens with zero attached hydrogens (tertiary/aromatic N) is 4. The van der Waals surface area contributed by atoms with E-state index in [2.05, 4.69) is 9.97 Å². The monoisotopic (exact) mass is 412 g/mol. The maximum atomic E-state index is 9.46. The van der Waals surface area contributed by atoms with Crippen LogP contribution in [0.3, 0.4) is 0 Å². The van der Waals surface area contributed by atoms with Gasteiger partial charge in [-0.1, -0.05) is 23.7 Å². The number of benzene rings is 1. The van der Waals surface area contributed by atoms with E-state index in [4.69, 9.17) is 32.2 Å². The van der Waals surface area contributed by atoms with Crippen molar-refractivity contribution < 1.29 is 20.6 Å². The standard InChI is InChI=1S/C20H20ClN5S/c1-13-2-3-14(8-15(13)10-22)11-26-6-4-16(5-7-26)25-19-17-9-18(21)27-20(17)24-12-23-19/h2-3,8-9,12,16H,4-7,11H2,1H3,(H,23,24,25)/i4D2,5D2,6D2,7D2,8D,9D,11D2,12D,16D/hD. The summed E-state index contributed by atoms with van der Waals surface area (Å²) in [6.07, 6.45) is -8.78. The highest BCUT2D eigenvalue weighted by molar-refractivity contribution is 7.22. The van der Waals surface area contributed by atoms with Crippen LogP contribution >= 0.6 is 22.9 Å². The number of nitrogens with one attached hydrogen (secondary N) is 1. The van der Waals surface area contributed by atoms with Crippen molar-refractivity contribution in [1.82, 2.24) is 14.9 Å². The minimum Gasteiger partial charge on any atom is -0.367 e. The van der Waals surface area contributed by atoms with Gasteiger partial charge in [-0.2, -0.15) is 5.26 Å². The molecule has 1 saturated heterocycles. The topological polar surface area (TPSA) is 64.8 Å². The number of rotatable bonds is 4. The number of aromatic nitrogens is 2. The van der Waals surface area contributed by atoms with E-state index in [1.54, 1.807) is 6.07 Å². The Morgan fingerprint density at radius 2 is 2.33 bits per heavy atom. The number of nitriles is 1. The summed E-state index contributed by atoms with van der Waals surface area (Å²) in [5.74, 6) is -0.894. The Morgan fingerprint density at radius 1 is 1.52 bits per heavy atom. The first-order valence-electron chi connectivity index (χ1n) is 14.9. The van der Waals surface area contributed by atoms with Crippen molar-refractivity contribution in [2.45, 2.75) is 32.2 Å². The molecule has 0 radical (unpaired) electrons. The highest BCUT2D eigenvalue weighted by Gasteiger charge is 2.20. The zero-order valence-electron chi connectivity index (χ0n) is 28.7. The van der Waals surface area contributed by atoms with Crippen molar-refractivity contribution in [2.75, 3.05) is 18.3 Å². The van der Waals surface area contributed by atoms with Crippen LogP contribution in [0, 0.1) is 18.3 Å². The fourth-order valence-corrected chi connectivity index (χ4v) is 3.13. The maximum absolute atomic E-state index is 9.46. The fraction of sp³-hybridized carbons (Fsp3) is 0.350. The van der Waals surface area contributed by atoms with Gasteiger partial charge in [0.2, 0.25) is 0 Å². The summed E-state index contributed by atoms with van der Waals surface area (Å²) in [4.78, 5) is 6.87. The first-order valence-corrected chi connectivity index (χ1v) is 8.69. The van der Waals surface area contributed by atoms with Crippen molar-refractivity contribution in [3.8, 4) is 6.07 Å². The largest absolute Gasteiger partial charge is 0.367 e. The molecule has 3 heterocycles. The Balaban J connectivity index is 2.03. The van der Waals surface area contributed by atoms with Crippen LogP contribution in [0.1, 0.15) is 48.6 Å². The average molecular weight is 413 g/mol. The quantitative estimate of drug-likeness (QED) is 0.678. The lowest BCUT2D eigenvalue weighted by Gasteiger charge is -2.32. The van der Waals surface area contributed by atoms with Gasteiger partial charge in [0.25, 0.3) is 0 Å². The molecule has 0 spiro atoms. The first kappa shape index (κ1) is 7.67. The number of hydrogen-bond donors (Lipinski definition) is 1. The smallest absolute Gasteiger partial charge is 0.162 e. The summed E-state index contributed by atoms with van der Waals surface area (Å²) in [6.45, 7) is -9.94. The second kappa shape index (κ2) is 7.81. The lowest BCUT2D eigenvalue weighted by atomic mass is 10.0. The summed E-state index contributed by atoms with van der Waals surface area (Å²) < 4.78 is 129. The molecule has 0 saturated carbocycles. The van der Waals surface area contributed by atoms with Gasteiger partial charge in [0, 0.05) is 39.2 Å². The molecule has 1 N–H and O–H groups in total. The number of hydrogen-bond acceptors (Lipinski definition) is 6. The van der Waals surface area contributed by atoms with Gasteiger partial charge in [-0.25, -0.2) is 9.97 Å². The van der Waals surface area contributed by atoms with E-state index in [9.17, 15) is 5.26 Å². The summed E-state index contributed by atoms with van der Waals surface area (Å²) in [5, 5.41) is 8.79. The third-order valence-corrected chi connectivity index (χ3v) is 4.54. The van der Waals surface area contributed by atoms with E-state index >= 15 is 0 Å². The average Bonchev–Trinajstić information content (AvgIpc) is 3.13. The zero-order valence-corrected chi connectivity index (χ0v) is 15.2.